The summed E-state index contributed by atoms with van der Waals surface area (Å²) in [5.74, 6) is 0.558. The second kappa shape index (κ2) is 6.74. The molecular formula is C13H23BrNO2+. The molecule has 3 atom stereocenters. The van der Waals surface area contributed by atoms with Crippen molar-refractivity contribution >= 4 is 21.9 Å². The average Bonchev–Trinajstić information content (AvgIpc) is 2.36. The zero-order chi connectivity index (χ0) is 12.1. The van der Waals surface area contributed by atoms with Gasteiger partial charge in [0.15, 0.2) is 0 Å². The van der Waals surface area contributed by atoms with Gasteiger partial charge in [-0.2, -0.15) is 0 Å². The number of esters is 1. The van der Waals surface area contributed by atoms with E-state index in [0.717, 1.165) is 6.04 Å². The van der Waals surface area contributed by atoms with Crippen LogP contribution in [0.15, 0.2) is 0 Å². The van der Waals surface area contributed by atoms with Gasteiger partial charge < -0.3 is 9.64 Å². The Morgan fingerprint density at radius 2 is 2.06 bits per heavy atom. The van der Waals surface area contributed by atoms with E-state index in [2.05, 4.69) is 15.9 Å². The van der Waals surface area contributed by atoms with Crippen LogP contribution >= 0.6 is 15.9 Å². The molecule has 0 spiro atoms. The molecule has 1 unspecified atom stereocenters. The monoisotopic (exact) mass is 304 g/mol. The second-order valence-corrected chi connectivity index (χ2v) is 6.08. The molecule has 0 aromatic heterocycles. The van der Waals surface area contributed by atoms with Crippen LogP contribution in [0.25, 0.3) is 0 Å². The third-order valence-corrected chi connectivity index (χ3v) is 4.58. The molecule has 2 aliphatic rings. The maximum absolute atomic E-state index is 11.4. The molecule has 98 valence electrons. The summed E-state index contributed by atoms with van der Waals surface area (Å²) in [6.07, 6.45) is 7.11. The van der Waals surface area contributed by atoms with Gasteiger partial charge in [-0.25, -0.2) is 0 Å². The van der Waals surface area contributed by atoms with Gasteiger partial charge in [0.25, 0.3) is 0 Å². The summed E-state index contributed by atoms with van der Waals surface area (Å²) in [6, 6.07) is 0.759. The van der Waals surface area contributed by atoms with Gasteiger partial charge >= 0.3 is 5.97 Å². The molecule has 2 fully saturated rings. The van der Waals surface area contributed by atoms with Crippen LogP contribution in [0.3, 0.4) is 0 Å². The molecule has 0 aromatic rings. The highest BCUT2D eigenvalue weighted by Gasteiger charge is 2.36. The highest BCUT2D eigenvalue weighted by molar-refractivity contribution is 9.09. The predicted octanol–water partition coefficient (Wildman–Crippen LogP) is 1.16. The lowest BCUT2D eigenvalue weighted by Crippen LogP contribution is -3.18. The van der Waals surface area contributed by atoms with Gasteiger partial charge in [-0.15, -0.1) is 0 Å². The molecule has 2 rings (SSSR count). The smallest absolute Gasteiger partial charge is 0.306 e. The number of piperidine rings is 2. The Labute approximate surface area is 112 Å². The molecule has 4 heteroatoms. The minimum atomic E-state index is -0.0511. The van der Waals surface area contributed by atoms with E-state index in [-0.39, 0.29) is 5.97 Å². The van der Waals surface area contributed by atoms with E-state index in [1.54, 1.807) is 4.90 Å². The molecular weight excluding hydrogens is 282 g/mol. The molecule has 0 amide bonds. The highest BCUT2D eigenvalue weighted by atomic mass is 79.9. The van der Waals surface area contributed by atoms with Crippen molar-refractivity contribution in [2.45, 2.75) is 44.6 Å². The van der Waals surface area contributed by atoms with Crippen LogP contribution in [0.4, 0.5) is 0 Å². The fourth-order valence-corrected chi connectivity index (χ4v) is 3.65. The quantitative estimate of drug-likeness (QED) is 0.624. The van der Waals surface area contributed by atoms with Gasteiger partial charge in [0, 0.05) is 11.2 Å². The third-order valence-electron chi connectivity index (χ3n) is 4.19. The fourth-order valence-electron chi connectivity index (χ4n) is 3.33. The number of hydrogen-bond donors (Lipinski definition) is 1. The zero-order valence-corrected chi connectivity index (χ0v) is 12.0. The zero-order valence-electron chi connectivity index (χ0n) is 10.4. The summed E-state index contributed by atoms with van der Waals surface area (Å²) in [5.41, 5.74) is 0. The summed E-state index contributed by atoms with van der Waals surface area (Å²) in [7, 11) is 0. The first kappa shape index (κ1) is 13.3. The van der Waals surface area contributed by atoms with E-state index in [1.807, 2.05) is 0 Å². The first-order valence-electron chi connectivity index (χ1n) is 6.87. The Kier molecular flexibility index (Phi) is 5.29. The van der Waals surface area contributed by atoms with Crippen LogP contribution in [0, 0.1) is 5.92 Å². The van der Waals surface area contributed by atoms with Crippen molar-refractivity contribution in [3.05, 3.63) is 0 Å². The van der Waals surface area contributed by atoms with Gasteiger partial charge in [-0.1, -0.05) is 15.9 Å². The van der Waals surface area contributed by atoms with Gasteiger partial charge in [-0.05, 0) is 32.1 Å². The third kappa shape index (κ3) is 3.68. The molecule has 1 N–H and O–H groups in total. The SMILES string of the molecule is O=C(CCBr)OC[C@@H]1CCC[NH+]2CCCC[C@H]12. The highest BCUT2D eigenvalue weighted by Crippen LogP contribution is 2.20. The Balaban J connectivity index is 1.80. The molecule has 0 aliphatic carbocycles. The molecule has 0 aromatic carbocycles. The van der Waals surface area contributed by atoms with E-state index in [0.29, 0.717) is 24.3 Å². The predicted molar refractivity (Wildman–Crippen MR) is 70.4 cm³/mol. The average molecular weight is 305 g/mol. The van der Waals surface area contributed by atoms with Crippen molar-refractivity contribution in [2.24, 2.45) is 5.92 Å². The summed E-state index contributed by atoms with van der Waals surface area (Å²) in [5, 5.41) is 0.706. The van der Waals surface area contributed by atoms with E-state index in [1.165, 1.54) is 45.2 Å². The topological polar surface area (TPSA) is 30.7 Å². The van der Waals surface area contributed by atoms with Crippen molar-refractivity contribution in [2.75, 3.05) is 25.0 Å². The summed E-state index contributed by atoms with van der Waals surface area (Å²) < 4.78 is 5.39. The van der Waals surface area contributed by atoms with Crippen molar-refractivity contribution in [1.82, 2.24) is 0 Å². The van der Waals surface area contributed by atoms with Crippen LogP contribution < -0.4 is 4.90 Å². The molecule has 0 radical (unpaired) electrons. The normalized spacial score (nSPS) is 32.9. The number of quaternary nitrogens is 1. The van der Waals surface area contributed by atoms with Crippen molar-refractivity contribution in [1.29, 1.82) is 0 Å². The van der Waals surface area contributed by atoms with E-state index < -0.39 is 0 Å². The molecule has 0 bridgehead atoms. The first-order chi connectivity index (χ1) is 8.31. The Morgan fingerprint density at radius 1 is 1.24 bits per heavy atom. The number of carbonyl (C=O) groups is 1. The van der Waals surface area contributed by atoms with Crippen molar-refractivity contribution < 1.29 is 14.4 Å². The lowest BCUT2D eigenvalue weighted by Gasteiger charge is -2.40. The maximum atomic E-state index is 11.4. The number of halogens is 1. The number of rotatable bonds is 4. The second-order valence-electron chi connectivity index (χ2n) is 5.28. The largest absolute Gasteiger partial charge is 0.465 e. The Morgan fingerprint density at radius 3 is 2.88 bits per heavy atom. The van der Waals surface area contributed by atoms with E-state index in [9.17, 15) is 4.79 Å². The number of fused-ring (bicyclic) bond motifs is 1. The Bertz CT molecular complexity index is 258. The number of carbonyl (C=O) groups excluding carboxylic acids is 1. The standard InChI is InChI=1S/C13H22BrNO2/c14-7-6-13(16)17-10-11-4-3-9-15-8-2-1-5-12(11)15/h11-12H,1-10H2/p+1/t11-,12+/m0/s1. The van der Waals surface area contributed by atoms with Gasteiger partial charge in [0.05, 0.1) is 32.2 Å². The molecule has 2 saturated heterocycles. The number of alkyl halides is 1. The van der Waals surface area contributed by atoms with Gasteiger partial charge in [0.1, 0.15) is 0 Å². The van der Waals surface area contributed by atoms with Gasteiger partial charge in [0.2, 0.25) is 0 Å². The van der Waals surface area contributed by atoms with Crippen LogP contribution in [0.1, 0.15) is 38.5 Å². The molecule has 3 nitrogen and oxygen atoms in total. The minimum absolute atomic E-state index is 0.0511. The van der Waals surface area contributed by atoms with E-state index >= 15 is 0 Å². The molecule has 2 aliphatic heterocycles. The van der Waals surface area contributed by atoms with Crippen LogP contribution in [0.5, 0.6) is 0 Å². The van der Waals surface area contributed by atoms with Crippen molar-refractivity contribution in [3.8, 4) is 0 Å². The first-order valence-corrected chi connectivity index (χ1v) is 7.99. The summed E-state index contributed by atoms with van der Waals surface area (Å²) in [4.78, 5) is 13.2. The number of nitrogens with one attached hydrogen (secondary N) is 1. The molecule has 17 heavy (non-hydrogen) atoms. The van der Waals surface area contributed by atoms with Crippen LogP contribution in [-0.4, -0.2) is 37.0 Å². The number of hydrogen-bond acceptors (Lipinski definition) is 2. The summed E-state index contributed by atoms with van der Waals surface area (Å²) >= 11 is 3.27. The van der Waals surface area contributed by atoms with E-state index in [4.69, 9.17) is 4.74 Å². The summed E-state index contributed by atoms with van der Waals surface area (Å²) in [6.45, 7) is 3.31. The Hall–Kier alpha value is -0.0900. The number of ether oxygens (including phenoxy) is 1. The lowest BCUT2D eigenvalue weighted by atomic mass is 9.84. The molecule has 0 saturated carbocycles. The van der Waals surface area contributed by atoms with Crippen LogP contribution in [0.2, 0.25) is 0 Å². The molecule has 2 heterocycles. The lowest BCUT2D eigenvalue weighted by molar-refractivity contribution is -0.940. The maximum Gasteiger partial charge on any atom is 0.306 e. The van der Waals surface area contributed by atoms with Crippen LogP contribution in [-0.2, 0) is 9.53 Å². The fraction of sp³-hybridized carbons (Fsp3) is 0.923. The van der Waals surface area contributed by atoms with Gasteiger partial charge in [-0.3, -0.25) is 4.79 Å². The van der Waals surface area contributed by atoms with Crippen molar-refractivity contribution in [3.63, 3.8) is 0 Å². The minimum Gasteiger partial charge on any atom is -0.465 e.